The molecule has 1 unspecified atom stereocenters. The van der Waals surface area contributed by atoms with Gasteiger partial charge in [-0.1, -0.05) is 30.0 Å². The first kappa shape index (κ1) is 23.9. The van der Waals surface area contributed by atoms with E-state index in [4.69, 9.17) is 0 Å². The zero-order valence-corrected chi connectivity index (χ0v) is 19.6. The van der Waals surface area contributed by atoms with Crippen molar-refractivity contribution >= 4 is 45.2 Å². The van der Waals surface area contributed by atoms with Gasteiger partial charge in [-0.15, -0.1) is 10.2 Å². The van der Waals surface area contributed by atoms with E-state index < -0.39 is 23.6 Å². The lowest BCUT2D eigenvalue weighted by atomic mass is 10.2. The maximum atomic E-state index is 13.9. The fourth-order valence-electron chi connectivity index (χ4n) is 2.93. The zero-order chi connectivity index (χ0) is 23.3. The van der Waals surface area contributed by atoms with Crippen LogP contribution >= 0.6 is 27.7 Å². The molecular formula is C21H20BrF2N5O2S. The van der Waals surface area contributed by atoms with Crippen molar-refractivity contribution in [2.75, 3.05) is 11.1 Å². The summed E-state index contributed by atoms with van der Waals surface area (Å²) in [5.41, 5.74) is 0.402. The fourth-order valence-corrected chi connectivity index (χ4v) is 4.24. The highest BCUT2D eigenvalue weighted by molar-refractivity contribution is 9.10. The molecule has 3 rings (SSSR count). The Labute approximate surface area is 196 Å². The molecule has 0 fully saturated rings. The maximum Gasteiger partial charge on any atom is 0.251 e. The normalized spacial score (nSPS) is 11.8. The number of nitrogens with one attached hydrogen (secondary N) is 2. The summed E-state index contributed by atoms with van der Waals surface area (Å²) in [4.78, 5) is 24.7. The SMILES string of the molecule is CCn1c(SCC(=O)Nc2c(F)cc(F)cc2Br)nnc1C(C)NC(=O)c1ccccc1. The number of carbonyl (C=O) groups is 2. The van der Waals surface area contributed by atoms with Crippen molar-refractivity contribution in [3.05, 3.63) is 70.0 Å². The lowest BCUT2D eigenvalue weighted by Gasteiger charge is -2.15. The van der Waals surface area contributed by atoms with Crippen LogP contribution in [0.15, 0.2) is 52.1 Å². The summed E-state index contributed by atoms with van der Waals surface area (Å²) in [6, 6.07) is 10.2. The van der Waals surface area contributed by atoms with E-state index in [9.17, 15) is 18.4 Å². The lowest BCUT2D eigenvalue weighted by Crippen LogP contribution is -2.28. The first-order chi connectivity index (χ1) is 15.3. The van der Waals surface area contributed by atoms with E-state index >= 15 is 0 Å². The molecule has 0 aliphatic carbocycles. The van der Waals surface area contributed by atoms with E-state index in [1.54, 1.807) is 35.8 Å². The number of hydrogen-bond donors (Lipinski definition) is 2. The number of rotatable bonds is 8. The Bertz CT molecular complexity index is 1100. The standard InChI is InChI=1S/C21H20BrF2N5O2S/c1-3-29-19(12(2)25-20(31)13-7-5-4-6-8-13)27-28-21(29)32-11-17(30)26-18-15(22)9-14(23)10-16(18)24/h4-10,12H,3,11H2,1-2H3,(H,25,31)(H,26,30). The van der Waals surface area contributed by atoms with E-state index in [2.05, 4.69) is 36.8 Å². The number of halogens is 3. The molecule has 0 aliphatic heterocycles. The topological polar surface area (TPSA) is 88.9 Å². The number of amides is 2. The molecule has 1 heterocycles. The van der Waals surface area contributed by atoms with Gasteiger partial charge in [-0.25, -0.2) is 8.78 Å². The molecule has 0 aliphatic rings. The molecule has 2 aromatic carbocycles. The molecule has 0 spiro atoms. The van der Waals surface area contributed by atoms with Gasteiger partial charge in [0.2, 0.25) is 5.91 Å². The van der Waals surface area contributed by atoms with E-state index in [1.165, 1.54) is 0 Å². The maximum absolute atomic E-state index is 13.9. The van der Waals surface area contributed by atoms with Gasteiger partial charge in [-0.3, -0.25) is 9.59 Å². The molecule has 1 aromatic heterocycles. The third-order valence-corrected chi connectivity index (χ3v) is 6.03. The first-order valence-corrected chi connectivity index (χ1v) is 11.4. The van der Waals surface area contributed by atoms with Crippen LogP contribution in [0.25, 0.3) is 0 Å². The molecule has 32 heavy (non-hydrogen) atoms. The van der Waals surface area contributed by atoms with Gasteiger partial charge in [0.15, 0.2) is 16.8 Å². The molecule has 11 heteroatoms. The molecule has 168 valence electrons. The van der Waals surface area contributed by atoms with Crippen LogP contribution in [0, 0.1) is 11.6 Å². The second-order valence-electron chi connectivity index (χ2n) is 6.73. The van der Waals surface area contributed by atoms with E-state index in [1.807, 2.05) is 13.0 Å². The Kier molecular flexibility index (Phi) is 7.97. The van der Waals surface area contributed by atoms with Gasteiger partial charge in [0.05, 0.1) is 17.5 Å². The summed E-state index contributed by atoms with van der Waals surface area (Å²) in [6.07, 6.45) is 0. The average molecular weight is 524 g/mol. The van der Waals surface area contributed by atoms with Crippen LogP contribution < -0.4 is 10.6 Å². The van der Waals surface area contributed by atoms with Gasteiger partial charge >= 0.3 is 0 Å². The van der Waals surface area contributed by atoms with Crippen LogP contribution in [0.5, 0.6) is 0 Å². The van der Waals surface area contributed by atoms with Crippen LogP contribution in [-0.4, -0.2) is 32.3 Å². The summed E-state index contributed by atoms with van der Waals surface area (Å²) in [5.74, 6) is -1.86. The third kappa shape index (κ3) is 5.71. The number of hydrogen-bond acceptors (Lipinski definition) is 5. The van der Waals surface area contributed by atoms with Gasteiger partial charge in [0, 0.05) is 22.6 Å². The zero-order valence-electron chi connectivity index (χ0n) is 17.2. The largest absolute Gasteiger partial charge is 0.342 e. The minimum Gasteiger partial charge on any atom is -0.342 e. The first-order valence-electron chi connectivity index (χ1n) is 9.66. The highest BCUT2D eigenvalue weighted by Crippen LogP contribution is 2.27. The van der Waals surface area contributed by atoms with Crippen molar-refractivity contribution < 1.29 is 18.4 Å². The predicted molar refractivity (Wildman–Crippen MR) is 121 cm³/mol. The molecule has 0 bridgehead atoms. The highest BCUT2D eigenvalue weighted by Gasteiger charge is 2.20. The lowest BCUT2D eigenvalue weighted by molar-refractivity contribution is -0.113. The minimum absolute atomic E-state index is 0.0633. The molecule has 7 nitrogen and oxygen atoms in total. The number of thioether (sulfide) groups is 1. The Morgan fingerprint density at radius 1 is 1.19 bits per heavy atom. The molecule has 2 N–H and O–H groups in total. The minimum atomic E-state index is -0.878. The number of nitrogens with zero attached hydrogens (tertiary/aromatic N) is 3. The van der Waals surface area contributed by atoms with Crippen LogP contribution in [0.2, 0.25) is 0 Å². The Balaban J connectivity index is 1.64. The van der Waals surface area contributed by atoms with Crippen LogP contribution in [0.4, 0.5) is 14.5 Å². The van der Waals surface area contributed by atoms with E-state index in [0.717, 1.165) is 17.8 Å². The molecule has 0 saturated heterocycles. The number of aromatic nitrogens is 3. The summed E-state index contributed by atoms with van der Waals surface area (Å²) in [5, 5.41) is 14.1. The van der Waals surface area contributed by atoms with Crippen molar-refractivity contribution in [1.82, 2.24) is 20.1 Å². The van der Waals surface area contributed by atoms with E-state index in [0.29, 0.717) is 29.2 Å². The van der Waals surface area contributed by atoms with Crippen LogP contribution in [0.1, 0.15) is 36.1 Å². The second kappa shape index (κ2) is 10.7. The summed E-state index contributed by atoms with van der Waals surface area (Å²) in [7, 11) is 0. The van der Waals surface area contributed by atoms with Gasteiger partial charge in [-0.2, -0.15) is 0 Å². The number of carbonyl (C=O) groups excluding carboxylic acids is 2. The third-order valence-electron chi connectivity index (χ3n) is 4.44. The smallest absolute Gasteiger partial charge is 0.251 e. The molecule has 1 atom stereocenters. The fraction of sp³-hybridized carbons (Fsp3) is 0.238. The van der Waals surface area contributed by atoms with Crippen molar-refractivity contribution in [1.29, 1.82) is 0 Å². The van der Waals surface area contributed by atoms with Crippen molar-refractivity contribution in [3.63, 3.8) is 0 Å². The number of benzene rings is 2. The van der Waals surface area contributed by atoms with Crippen LogP contribution in [0.3, 0.4) is 0 Å². The number of anilines is 1. The Morgan fingerprint density at radius 2 is 1.91 bits per heavy atom. The summed E-state index contributed by atoms with van der Waals surface area (Å²) >= 11 is 4.16. The molecule has 3 aromatic rings. The Hall–Kier alpha value is -2.79. The predicted octanol–water partition coefficient (Wildman–Crippen LogP) is 4.56. The van der Waals surface area contributed by atoms with Gasteiger partial charge < -0.3 is 15.2 Å². The molecule has 0 saturated carbocycles. The van der Waals surface area contributed by atoms with Gasteiger partial charge in [-0.05, 0) is 48.0 Å². The van der Waals surface area contributed by atoms with Gasteiger partial charge in [0.25, 0.3) is 5.91 Å². The quantitative estimate of drug-likeness (QED) is 0.422. The Morgan fingerprint density at radius 3 is 2.56 bits per heavy atom. The van der Waals surface area contributed by atoms with E-state index in [-0.39, 0.29) is 21.8 Å². The monoisotopic (exact) mass is 523 g/mol. The summed E-state index contributed by atoms with van der Waals surface area (Å²) in [6.45, 7) is 4.22. The van der Waals surface area contributed by atoms with Crippen LogP contribution in [-0.2, 0) is 11.3 Å². The second-order valence-corrected chi connectivity index (χ2v) is 8.52. The van der Waals surface area contributed by atoms with Crippen molar-refractivity contribution in [2.45, 2.75) is 31.6 Å². The highest BCUT2D eigenvalue weighted by atomic mass is 79.9. The van der Waals surface area contributed by atoms with Crippen molar-refractivity contribution in [3.8, 4) is 0 Å². The molecular weight excluding hydrogens is 504 g/mol. The van der Waals surface area contributed by atoms with Gasteiger partial charge in [0.1, 0.15) is 5.82 Å². The molecule has 2 amide bonds. The average Bonchev–Trinajstić information content (AvgIpc) is 3.18. The van der Waals surface area contributed by atoms with Crippen molar-refractivity contribution in [2.24, 2.45) is 0 Å². The summed E-state index contributed by atoms with van der Waals surface area (Å²) < 4.78 is 29.0. The molecule has 0 radical (unpaired) electrons.